The molecule has 0 saturated heterocycles. The molecule has 3 aromatic carbocycles. The zero-order chi connectivity index (χ0) is 21.8. The Hall–Kier alpha value is -3.20. The number of benzene rings is 3. The predicted molar refractivity (Wildman–Crippen MR) is 119 cm³/mol. The minimum Gasteiger partial charge on any atom is -0.294 e. The maximum Gasteiger partial charge on any atom is 0.274 e. The van der Waals surface area contributed by atoms with Crippen molar-refractivity contribution in [3.05, 3.63) is 100 Å². The van der Waals surface area contributed by atoms with Crippen molar-refractivity contribution in [3.8, 4) is 11.3 Å². The highest BCUT2D eigenvalue weighted by atomic mass is 32.2. The van der Waals surface area contributed by atoms with Crippen LogP contribution in [-0.4, -0.2) is 25.1 Å². The molecule has 1 heterocycles. The van der Waals surface area contributed by atoms with Gasteiger partial charge in [0, 0.05) is 17.5 Å². The molecule has 8 heteroatoms. The van der Waals surface area contributed by atoms with Crippen molar-refractivity contribution in [2.45, 2.75) is 13.0 Å². The van der Waals surface area contributed by atoms with Gasteiger partial charge in [0.25, 0.3) is 5.56 Å². The van der Waals surface area contributed by atoms with Crippen LogP contribution in [0, 0.1) is 5.82 Å². The van der Waals surface area contributed by atoms with E-state index in [1.165, 1.54) is 16.8 Å². The van der Waals surface area contributed by atoms with Gasteiger partial charge in [0.2, 0.25) is 11.3 Å². The van der Waals surface area contributed by atoms with Crippen molar-refractivity contribution in [1.82, 2.24) is 14.5 Å². The Morgan fingerprint density at radius 3 is 2.45 bits per heavy atom. The van der Waals surface area contributed by atoms with Crippen LogP contribution in [-0.2, 0) is 24.2 Å². The number of hydrogen-bond donors (Lipinski definition) is 2. The second-order valence-corrected chi connectivity index (χ2v) is 7.86. The molecule has 0 bridgehead atoms. The highest BCUT2D eigenvalue weighted by Crippen LogP contribution is 2.25. The van der Waals surface area contributed by atoms with Crippen molar-refractivity contribution in [1.29, 1.82) is 0 Å². The summed E-state index contributed by atoms with van der Waals surface area (Å²) in [5.74, 6) is -0.334. The Kier molecular flexibility index (Phi) is 6.31. The fourth-order valence-corrected chi connectivity index (χ4v) is 3.75. The number of nitrogens with zero attached hydrogens (tertiary/aromatic N) is 2. The van der Waals surface area contributed by atoms with Gasteiger partial charge in [0.15, 0.2) is 0 Å². The van der Waals surface area contributed by atoms with E-state index in [2.05, 4.69) is 9.82 Å². The molecule has 0 aliphatic rings. The Balaban J connectivity index is 1.77. The van der Waals surface area contributed by atoms with Gasteiger partial charge in [-0.05, 0) is 41.8 Å². The third kappa shape index (κ3) is 4.93. The second kappa shape index (κ2) is 9.30. The van der Waals surface area contributed by atoms with Gasteiger partial charge >= 0.3 is 0 Å². The zero-order valence-corrected chi connectivity index (χ0v) is 17.3. The Morgan fingerprint density at radius 2 is 1.71 bits per heavy atom. The fourth-order valence-electron chi connectivity index (χ4n) is 3.48. The highest BCUT2D eigenvalue weighted by molar-refractivity contribution is 7.77. The number of fused-ring (bicyclic) bond motifs is 1. The lowest BCUT2D eigenvalue weighted by molar-refractivity contribution is 0.549. The van der Waals surface area contributed by atoms with E-state index < -0.39 is 11.3 Å². The van der Waals surface area contributed by atoms with Crippen molar-refractivity contribution in [2.75, 3.05) is 6.54 Å². The van der Waals surface area contributed by atoms with Gasteiger partial charge in [-0.1, -0.05) is 48.5 Å². The molecule has 158 valence electrons. The van der Waals surface area contributed by atoms with Gasteiger partial charge in [-0.3, -0.25) is 9.35 Å². The summed E-state index contributed by atoms with van der Waals surface area (Å²) < 4.78 is 36.8. The van der Waals surface area contributed by atoms with Crippen molar-refractivity contribution in [2.24, 2.45) is 0 Å². The molecule has 0 amide bonds. The number of hydrogen-bond acceptors (Lipinski definition) is 3. The third-order valence-corrected chi connectivity index (χ3v) is 5.40. The van der Waals surface area contributed by atoms with Gasteiger partial charge < -0.3 is 0 Å². The average Bonchev–Trinajstić information content (AvgIpc) is 2.77. The van der Waals surface area contributed by atoms with E-state index >= 15 is 0 Å². The van der Waals surface area contributed by atoms with Gasteiger partial charge in [0.1, 0.15) is 5.82 Å². The van der Waals surface area contributed by atoms with Gasteiger partial charge in [-0.2, -0.15) is 5.10 Å². The van der Waals surface area contributed by atoms with Crippen molar-refractivity contribution >= 4 is 22.0 Å². The number of nitrogens with one attached hydrogen (secondary N) is 1. The molecule has 1 unspecified atom stereocenters. The Bertz CT molecular complexity index is 1310. The molecule has 0 spiro atoms. The van der Waals surface area contributed by atoms with Crippen molar-refractivity contribution in [3.63, 3.8) is 0 Å². The van der Waals surface area contributed by atoms with Crippen LogP contribution < -0.4 is 10.3 Å². The molecule has 2 N–H and O–H groups in total. The summed E-state index contributed by atoms with van der Waals surface area (Å²) in [4.78, 5) is 13.0. The smallest absolute Gasteiger partial charge is 0.274 e. The van der Waals surface area contributed by atoms with Crippen LogP contribution in [0.3, 0.4) is 0 Å². The summed E-state index contributed by atoms with van der Waals surface area (Å²) in [6.45, 7) is 0.577. The first-order valence-electron chi connectivity index (χ1n) is 9.69. The standard InChI is InChI=1S/C23H20FN3O3S/c24-19-10-8-17(9-11-19)15-27-23(28)21-7-2-1-6-20(21)22(26-27)18-5-3-4-16(14-18)12-13-25-31(29)30/h1-11,14,25H,12-13,15H2,(H,29,30). The van der Waals surface area contributed by atoms with Crippen LogP contribution in [0.25, 0.3) is 22.0 Å². The molecule has 6 nitrogen and oxygen atoms in total. The first kappa shape index (κ1) is 21.0. The summed E-state index contributed by atoms with van der Waals surface area (Å²) in [5, 5.41) is 5.94. The molecular formula is C23H20FN3O3S. The summed E-state index contributed by atoms with van der Waals surface area (Å²) in [7, 11) is 0. The van der Waals surface area contributed by atoms with Crippen LogP contribution in [0.1, 0.15) is 11.1 Å². The molecule has 0 radical (unpaired) electrons. The largest absolute Gasteiger partial charge is 0.294 e. The van der Waals surface area contributed by atoms with Gasteiger partial charge in [0.05, 0.1) is 17.6 Å². The van der Waals surface area contributed by atoms with E-state index in [1.54, 1.807) is 18.2 Å². The average molecular weight is 437 g/mol. The SMILES string of the molecule is O=c1c2ccccc2c(-c2cccc(CCNS(=O)O)c2)nn1Cc1ccc(F)cc1. The van der Waals surface area contributed by atoms with Crippen LogP contribution in [0.5, 0.6) is 0 Å². The summed E-state index contributed by atoms with van der Waals surface area (Å²) >= 11 is -2.05. The lowest BCUT2D eigenvalue weighted by Gasteiger charge is -2.12. The van der Waals surface area contributed by atoms with Crippen molar-refractivity contribution < 1.29 is 13.2 Å². The monoisotopic (exact) mass is 437 g/mol. The Morgan fingerprint density at radius 1 is 0.968 bits per heavy atom. The molecule has 0 aliphatic heterocycles. The minimum absolute atomic E-state index is 0.213. The van der Waals surface area contributed by atoms with E-state index in [0.29, 0.717) is 24.0 Å². The van der Waals surface area contributed by atoms with Crippen LogP contribution in [0.4, 0.5) is 4.39 Å². The molecular weight excluding hydrogens is 417 g/mol. The lowest BCUT2D eigenvalue weighted by atomic mass is 10.0. The molecule has 0 fully saturated rings. The van der Waals surface area contributed by atoms with Gasteiger partial charge in [-0.25, -0.2) is 18.0 Å². The normalized spacial score (nSPS) is 12.2. The number of halogens is 1. The maximum atomic E-state index is 13.2. The molecule has 31 heavy (non-hydrogen) atoms. The molecule has 0 saturated carbocycles. The van der Waals surface area contributed by atoms with E-state index in [9.17, 15) is 13.4 Å². The number of rotatable bonds is 7. The summed E-state index contributed by atoms with van der Waals surface area (Å²) in [6.07, 6.45) is 0.563. The molecule has 4 rings (SSSR count). The summed E-state index contributed by atoms with van der Waals surface area (Å²) in [5.41, 5.74) is 3.03. The third-order valence-electron chi connectivity index (χ3n) is 4.95. The van der Waals surface area contributed by atoms with Crippen LogP contribution in [0.2, 0.25) is 0 Å². The fraction of sp³-hybridized carbons (Fsp3) is 0.130. The molecule has 1 atom stereocenters. The highest BCUT2D eigenvalue weighted by Gasteiger charge is 2.13. The van der Waals surface area contributed by atoms with Crippen LogP contribution in [0.15, 0.2) is 77.6 Å². The first-order chi connectivity index (χ1) is 15.0. The predicted octanol–water partition coefficient (Wildman–Crippen LogP) is 3.52. The summed E-state index contributed by atoms with van der Waals surface area (Å²) in [6, 6.07) is 21.0. The molecule has 4 aromatic rings. The van der Waals surface area contributed by atoms with Crippen LogP contribution >= 0.6 is 0 Å². The topological polar surface area (TPSA) is 84.2 Å². The molecule has 0 aliphatic carbocycles. The maximum absolute atomic E-state index is 13.2. The molecule has 1 aromatic heterocycles. The number of aromatic nitrogens is 2. The van der Waals surface area contributed by atoms with E-state index in [4.69, 9.17) is 4.55 Å². The van der Waals surface area contributed by atoms with Gasteiger partial charge in [-0.15, -0.1) is 0 Å². The lowest BCUT2D eigenvalue weighted by Crippen LogP contribution is -2.24. The first-order valence-corrected chi connectivity index (χ1v) is 10.8. The Labute approximate surface area is 180 Å². The minimum atomic E-state index is -2.05. The zero-order valence-electron chi connectivity index (χ0n) is 16.5. The van der Waals surface area contributed by atoms with E-state index in [1.807, 2.05) is 42.5 Å². The van der Waals surface area contributed by atoms with E-state index in [0.717, 1.165) is 22.1 Å². The second-order valence-electron chi connectivity index (χ2n) is 7.08. The van der Waals surface area contributed by atoms with E-state index in [-0.39, 0.29) is 17.9 Å². The quantitative estimate of drug-likeness (QED) is 0.434.